The number of benzene rings is 1. The standard InChI is InChI=1S/C18H26N4O4S/c1-22(2)10-6-9-19-16(24)11-20-18(25)17(15(27)12-23)21-26-13-14-7-4-3-5-8-14/h3-5,7-8,17,21,27H,6,9-11,13H2,1-2H3,(H,19,24)(H,20,25)/t17-/m0/s1. The highest BCUT2D eigenvalue weighted by Crippen LogP contribution is 2.05. The van der Waals surface area contributed by atoms with Crippen LogP contribution >= 0.6 is 12.6 Å². The van der Waals surface area contributed by atoms with Gasteiger partial charge in [0.2, 0.25) is 11.8 Å². The van der Waals surface area contributed by atoms with E-state index in [-0.39, 0.29) is 24.0 Å². The topological polar surface area (TPSA) is 99.8 Å². The summed E-state index contributed by atoms with van der Waals surface area (Å²) in [5, 5.41) is 5.15. The van der Waals surface area contributed by atoms with Gasteiger partial charge in [-0.2, -0.15) is 5.48 Å². The minimum absolute atomic E-state index is 0.174. The van der Waals surface area contributed by atoms with E-state index in [9.17, 15) is 14.4 Å². The van der Waals surface area contributed by atoms with E-state index in [1.807, 2.05) is 49.3 Å². The third kappa shape index (κ3) is 9.93. The number of thiol groups is 1. The molecule has 148 valence electrons. The average Bonchev–Trinajstić information content (AvgIpc) is 2.67. The summed E-state index contributed by atoms with van der Waals surface area (Å²) < 4.78 is 0. The van der Waals surface area contributed by atoms with Crippen LogP contribution < -0.4 is 16.1 Å². The highest BCUT2D eigenvalue weighted by atomic mass is 32.1. The Morgan fingerprint density at radius 3 is 2.56 bits per heavy atom. The highest BCUT2D eigenvalue weighted by molar-refractivity contribution is 7.85. The summed E-state index contributed by atoms with van der Waals surface area (Å²) in [5.74, 6) is 0.628. The molecule has 27 heavy (non-hydrogen) atoms. The van der Waals surface area contributed by atoms with Gasteiger partial charge >= 0.3 is 0 Å². The van der Waals surface area contributed by atoms with Crippen molar-refractivity contribution in [1.82, 2.24) is 21.0 Å². The Balaban J connectivity index is 2.41. The van der Waals surface area contributed by atoms with Gasteiger partial charge in [0.05, 0.1) is 18.1 Å². The van der Waals surface area contributed by atoms with Crippen LogP contribution in [0.3, 0.4) is 0 Å². The maximum atomic E-state index is 12.2. The molecule has 0 fully saturated rings. The third-order valence-electron chi connectivity index (χ3n) is 3.45. The number of carbonyl (C=O) groups excluding carboxylic acids is 3. The molecule has 1 atom stereocenters. The van der Waals surface area contributed by atoms with Crippen LogP contribution in [-0.4, -0.2) is 62.4 Å². The Bertz CT molecular complexity index is 648. The van der Waals surface area contributed by atoms with E-state index in [0.717, 1.165) is 18.5 Å². The molecule has 9 heteroatoms. The van der Waals surface area contributed by atoms with Crippen molar-refractivity contribution < 1.29 is 19.2 Å². The van der Waals surface area contributed by atoms with Crippen molar-refractivity contribution in [3.05, 3.63) is 40.8 Å². The van der Waals surface area contributed by atoms with Crippen molar-refractivity contribution in [2.24, 2.45) is 0 Å². The molecule has 1 rings (SSSR count). The lowest BCUT2D eigenvalue weighted by atomic mass is 10.2. The van der Waals surface area contributed by atoms with Gasteiger partial charge in [0, 0.05) is 6.54 Å². The minimum atomic E-state index is -1.16. The molecule has 1 aromatic carbocycles. The lowest BCUT2D eigenvalue weighted by molar-refractivity contribution is -0.129. The van der Waals surface area contributed by atoms with Crippen molar-refractivity contribution in [3.8, 4) is 0 Å². The van der Waals surface area contributed by atoms with E-state index in [0.29, 0.717) is 6.54 Å². The number of nitrogens with zero attached hydrogens (tertiary/aromatic N) is 1. The van der Waals surface area contributed by atoms with Gasteiger partial charge in [0.15, 0.2) is 6.04 Å². The number of carbonyl (C=O) groups is 2. The molecule has 0 bridgehead atoms. The first kappa shape index (κ1) is 22.9. The Morgan fingerprint density at radius 2 is 1.93 bits per heavy atom. The Hall–Kier alpha value is -2.16. The molecular formula is C18H26N4O4S. The summed E-state index contributed by atoms with van der Waals surface area (Å²) in [6, 6.07) is 8.14. The van der Waals surface area contributed by atoms with E-state index in [1.54, 1.807) is 5.94 Å². The summed E-state index contributed by atoms with van der Waals surface area (Å²) >= 11 is 3.94. The number of hydroxylamine groups is 1. The molecule has 8 nitrogen and oxygen atoms in total. The van der Waals surface area contributed by atoms with Gasteiger partial charge in [-0.05, 0) is 32.6 Å². The second-order valence-corrected chi connectivity index (χ2v) is 6.52. The summed E-state index contributed by atoms with van der Waals surface area (Å²) in [4.78, 5) is 41.9. The second-order valence-electron chi connectivity index (χ2n) is 6.04. The number of hydrogen-bond donors (Lipinski definition) is 4. The molecule has 0 radical (unpaired) electrons. The first-order valence-electron chi connectivity index (χ1n) is 8.48. The van der Waals surface area contributed by atoms with Crippen molar-refractivity contribution in [3.63, 3.8) is 0 Å². The van der Waals surface area contributed by atoms with E-state index in [2.05, 4.69) is 28.7 Å². The molecule has 0 aliphatic rings. The van der Waals surface area contributed by atoms with Crippen LogP contribution in [0.4, 0.5) is 0 Å². The van der Waals surface area contributed by atoms with E-state index in [1.165, 1.54) is 0 Å². The first-order valence-corrected chi connectivity index (χ1v) is 8.93. The Kier molecular flexibility index (Phi) is 11.1. The highest BCUT2D eigenvalue weighted by Gasteiger charge is 2.22. The molecule has 1 aromatic rings. The normalized spacial score (nSPS) is 11.6. The van der Waals surface area contributed by atoms with E-state index < -0.39 is 11.9 Å². The van der Waals surface area contributed by atoms with Crippen molar-refractivity contribution >= 4 is 30.4 Å². The molecule has 3 N–H and O–H groups in total. The number of nitrogens with one attached hydrogen (secondary N) is 3. The van der Waals surface area contributed by atoms with Gasteiger partial charge in [-0.1, -0.05) is 30.3 Å². The lowest BCUT2D eigenvalue weighted by Crippen LogP contribution is -2.47. The maximum Gasteiger partial charge on any atom is 0.245 e. The van der Waals surface area contributed by atoms with Crippen LogP contribution in [0.15, 0.2) is 35.2 Å². The fourth-order valence-electron chi connectivity index (χ4n) is 2.03. The zero-order valence-electron chi connectivity index (χ0n) is 15.5. The van der Waals surface area contributed by atoms with Crippen LogP contribution in [0.5, 0.6) is 0 Å². The molecule has 0 aromatic heterocycles. The van der Waals surface area contributed by atoms with Crippen molar-refractivity contribution in [2.75, 3.05) is 33.7 Å². The molecule has 0 heterocycles. The molecule has 0 aliphatic heterocycles. The fourth-order valence-corrected chi connectivity index (χ4v) is 2.20. The minimum Gasteiger partial charge on any atom is -0.355 e. The van der Waals surface area contributed by atoms with Gasteiger partial charge < -0.3 is 15.5 Å². The van der Waals surface area contributed by atoms with Crippen LogP contribution in [0, 0.1) is 0 Å². The summed E-state index contributed by atoms with van der Waals surface area (Å²) in [7, 11) is 3.90. The number of hydrogen-bond acceptors (Lipinski definition) is 7. The van der Waals surface area contributed by atoms with Gasteiger partial charge in [0.25, 0.3) is 0 Å². The molecule has 0 aliphatic carbocycles. The van der Waals surface area contributed by atoms with E-state index >= 15 is 0 Å². The van der Waals surface area contributed by atoms with E-state index in [4.69, 9.17) is 4.84 Å². The quantitative estimate of drug-likeness (QED) is 0.171. The predicted octanol–water partition coefficient (Wildman–Crippen LogP) is -0.0942. The summed E-state index contributed by atoms with van der Waals surface area (Å²) in [5.41, 5.74) is 3.37. The van der Waals surface area contributed by atoms with Gasteiger partial charge in [-0.25, -0.2) is 4.79 Å². The molecule has 0 saturated heterocycles. The first-order chi connectivity index (χ1) is 12.9. The van der Waals surface area contributed by atoms with Gasteiger partial charge in [0.1, 0.15) is 5.94 Å². The monoisotopic (exact) mass is 394 g/mol. The SMILES string of the molecule is CN(C)CCCNC(=O)CNC(=O)[C@@H](NOCc1ccccc1)C(S)=C=O. The molecule has 0 saturated carbocycles. The fraction of sp³-hybridized carbons (Fsp3) is 0.444. The molecule has 0 spiro atoms. The smallest absolute Gasteiger partial charge is 0.245 e. The van der Waals surface area contributed by atoms with Gasteiger partial charge in [-0.15, -0.1) is 12.6 Å². The molecular weight excluding hydrogens is 368 g/mol. The average molecular weight is 394 g/mol. The van der Waals surface area contributed by atoms with Crippen LogP contribution in [0.2, 0.25) is 0 Å². The maximum absolute atomic E-state index is 12.2. The zero-order valence-corrected chi connectivity index (χ0v) is 16.4. The summed E-state index contributed by atoms with van der Waals surface area (Å²) in [6.07, 6.45) is 0.804. The van der Waals surface area contributed by atoms with Crippen LogP contribution in [0.25, 0.3) is 0 Å². The Morgan fingerprint density at radius 1 is 1.22 bits per heavy atom. The van der Waals surface area contributed by atoms with Crippen molar-refractivity contribution in [1.29, 1.82) is 0 Å². The predicted molar refractivity (Wildman–Crippen MR) is 106 cm³/mol. The largest absolute Gasteiger partial charge is 0.355 e. The second kappa shape index (κ2) is 13.1. The van der Waals surface area contributed by atoms with Crippen LogP contribution in [-0.2, 0) is 25.8 Å². The number of rotatable bonds is 12. The molecule has 0 unspecified atom stereocenters. The van der Waals surface area contributed by atoms with Crippen molar-refractivity contribution in [2.45, 2.75) is 19.1 Å². The third-order valence-corrected chi connectivity index (χ3v) is 3.80. The van der Waals surface area contributed by atoms with Crippen LogP contribution in [0.1, 0.15) is 12.0 Å². The Labute approximate surface area is 164 Å². The molecule has 2 amide bonds. The zero-order chi connectivity index (χ0) is 20.1. The summed E-state index contributed by atoms with van der Waals surface area (Å²) in [6.45, 7) is 1.35. The number of amides is 2. The lowest BCUT2D eigenvalue weighted by Gasteiger charge is -2.16. The van der Waals surface area contributed by atoms with Gasteiger partial charge in [-0.3, -0.25) is 14.4 Å².